The van der Waals surface area contributed by atoms with Gasteiger partial charge in [0.25, 0.3) is 0 Å². The minimum atomic E-state index is -3.80. The number of anilines is 1. The molecule has 10 heteroatoms. The molecule has 0 saturated carbocycles. The number of rotatable bonds is 12. The molecule has 0 radical (unpaired) electrons. The van der Waals surface area contributed by atoms with E-state index >= 15 is 0 Å². The van der Waals surface area contributed by atoms with E-state index in [0.717, 1.165) is 30.6 Å². The van der Waals surface area contributed by atoms with Gasteiger partial charge in [-0.25, -0.2) is 8.42 Å². The Morgan fingerprint density at radius 2 is 1.51 bits per heavy atom. The first-order chi connectivity index (χ1) is 18.4. The lowest BCUT2D eigenvalue weighted by atomic mass is 10.0. The largest absolute Gasteiger partial charge is 0.354 e. The van der Waals surface area contributed by atoms with Gasteiger partial charge in [0.1, 0.15) is 12.6 Å². The number of nitrogens with zero attached hydrogens (tertiary/aromatic N) is 2. The summed E-state index contributed by atoms with van der Waals surface area (Å²) in [6.45, 7) is 4.13. The van der Waals surface area contributed by atoms with Crippen LogP contribution in [0.25, 0.3) is 0 Å². The highest BCUT2D eigenvalue weighted by Gasteiger charge is 2.33. The standard InChI is InChI=1S/C29H33Br2N3O4S/c1-21(2)18-32-29(36)27(17-22-8-5-4-6-9-22)33(19-23-10-7-11-25(31)16-23)28(35)20-34(39(3,37)38)26-14-12-24(30)13-15-26/h4-16,21,27H,17-20H2,1-3H3,(H,32,36)/t27-/m1/s1. The zero-order valence-electron chi connectivity index (χ0n) is 22.2. The molecule has 3 aromatic rings. The van der Waals surface area contributed by atoms with E-state index in [1.165, 1.54) is 4.90 Å². The SMILES string of the molecule is CC(C)CNC(=O)[C@@H](Cc1ccccc1)N(Cc1cccc(Br)c1)C(=O)CN(c1ccc(Br)cc1)S(C)(=O)=O. The number of carbonyl (C=O) groups is 2. The number of nitrogens with one attached hydrogen (secondary N) is 1. The van der Waals surface area contributed by atoms with Gasteiger partial charge in [-0.3, -0.25) is 13.9 Å². The summed E-state index contributed by atoms with van der Waals surface area (Å²) in [5.74, 6) is -0.548. The molecule has 0 heterocycles. The average Bonchev–Trinajstić information content (AvgIpc) is 2.88. The van der Waals surface area contributed by atoms with Crippen molar-refractivity contribution in [2.24, 2.45) is 5.92 Å². The molecule has 3 rings (SSSR count). The van der Waals surface area contributed by atoms with E-state index < -0.39 is 28.5 Å². The first-order valence-electron chi connectivity index (χ1n) is 12.5. The highest BCUT2D eigenvalue weighted by Crippen LogP contribution is 2.23. The molecular weight excluding hydrogens is 646 g/mol. The molecule has 7 nitrogen and oxygen atoms in total. The number of hydrogen-bond acceptors (Lipinski definition) is 4. The maximum Gasteiger partial charge on any atom is 0.244 e. The van der Waals surface area contributed by atoms with E-state index in [0.29, 0.717) is 12.2 Å². The van der Waals surface area contributed by atoms with Crippen molar-refractivity contribution in [3.63, 3.8) is 0 Å². The average molecular weight is 679 g/mol. The van der Waals surface area contributed by atoms with Gasteiger partial charge in [-0.1, -0.05) is 88.2 Å². The number of benzene rings is 3. The van der Waals surface area contributed by atoms with Gasteiger partial charge in [-0.15, -0.1) is 0 Å². The summed E-state index contributed by atoms with van der Waals surface area (Å²) in [5, 5.41) is 2.98. The third kappa shape index (κ3) is 9.47. The van der Waals surface area contributed by atoms with E-state index in [1.807, 2.05) is 68.4 Å². The molecule has 0 bridgehead atoms. The molecule has 0 aromatic heterocycles. The molecule has 0 aliphatic heterocycles. The number of halogens is 2. The third-order valence-corrected chi connectivity index (χ3v) is 8.15. The first kappa shape index (κ1) is 30.8. The van der Waals surface area contributed by atoms with Gasteiger partial charge >= 0.3 is 0 Å². The maximum absolute atomic E-state index is 14.0. The molecule has 0 unspecified atom stereocenters. The quantitative estimate of drug-likeness (QED) is 0.278. The van der Waals surface area contributed by atoms with Crippen molar-refractivity contribution in [2.75, 3.05) is 23.7 Å². The van der Waals surface area contributed by atoms with Crippen LogP contribution in [-0.4, -0.2) is 50.5 Å². The maximum atomic E-state index is 14.0. The molecular formula is C29H33Br2N3O4S. The number of carbonyl (C=O) groups excluding carboxylic acids is 2. The van der Waals surface area contributed by atoms with Gasteiger partial charge in [0.05, 0.1) is 11.9 Å². The second kappa shape index (κ2) is 14.1. The van der Waals surface area contributed by atoms with Crippen molar-refractivity contribution < 1.29 is 18.0 Å². The number of hydrogen-bond donors (Lipinski definition) is 1. The minimum Gasteiger partial charge on any atom is -0.354 e. The Morgan fingerprint density at radius 3 is 2.10 bits per heavy atom. The molecule has 1 N–H and O–H groups in total. The fraction of sp³-hybridized carbons (Fsp3) is 0.310. The molecule has 0 spiro atoms. The van der Waals surface area contributed by atoms with Crippen molar-refractivity contribution in [1.82, 2.24) is 10.2 Å². The Balaban J connectivity index is 2.04. The Morgan fingerprint density at radius 1 is 0.872 bits per heavy atom. The molecule has 1 atom stereocenters. The molecule has 0 fully saturated rings. The summed E-state index contributed by atoms with van der Waals surface area (Å²) in [6, 6.07) is 22.8. The van der Waals surface area contributed by atoms with E-state index in [2.05, 4.69) is 37.2 Å². The van der Waals surface area contributed by atoms with Gasteiger partial charge in [0.15, 0.2) is 0 Å². The summed E-state index contributed by atoms with van der Waals surface area (Å²) in [7, 11) is -3.80. The molecule has 208 valence electrons. The summed E-state index contributed by atoms with van der Waals surface area (Å²) < 4.78 is 28.3. The van der Waals surface area contributed by atoms with Gasteiger partial charge in [0.2, 0.25) is 21.8 Å². The van der Waals surface area contributed by atoms with Crippen molar-refractivity contribution >= 4 is 59.4 Å². The number of amides is 2. The van der Waals surface area contributed by atoms with Gasteiger partial charge < -0.3 is 10.2 Å². The summed E-state index contributed by atoms with van der Waals surface area (Å²) in [6.07, 6.45) is 1.35. The summed E-state index contributed by atoms with van der Waals surface area (Å²) in [5.41, 5.74) is 2.06. The van der Waals surface area contributed by atoms with Crippen LogP contribution in [0, 0.1) is 5.92 Å². The second-order valence-electron chi connectivity index (χ2n) is 9.74. The smallest absolute Gasteiger partial charge is 0.244 e. The van der Waals surface area contributed by atoms with E-state index in [-0.39, 0.29) is 24.8 Å². The summed E-state index contributed by atoms with van der Waals surface area (Å²) in [4.78, 5) is 29.1. The molecule has 3 aromatic carbocycles. The summed E-state index contributed by atoms with van der Waals surface area (Å²) >= 11 is 6.84. The minimum absolute atomic E-state index is 0.128. The van der Waals surface area contributed by atoms with E-state index in [4.69, 9.17) is 0 Å². The number of sulfonamides is 1. The van der Waals surface area contributed by atoms with Crippen LogP contribution in [0.3, 0.4) is 0 Å². The van der Waals surface area contributed by atoms with Crippen molar-refractivity contribution in [1.29, 1.82) is 0 Å². The highest BCUT2D eigenvalue weighted by molar-refractivity contribution is 9.10. The first-order valence-corrected chi connectivity index (χ1v) is 16.0. The van der Waals surface area contributed by atoms with Crippen LogP contribution in [0.4, 0.5) is 5.69 Å². The Bertz CT molecular complexity index is 1370. The second-order valence-corrected chi connectivity index (χ2v) is 13.5. The lowest BCUT2D eigenvalue weighted by molar-refractivity contribution is -0.140. The fourth-order valence-electron chi connectivity index (χ4n) is 4.03. The van der Waals surface area contributed by atoms with Crippen LogP contribution in [0.15, 0.2) is 87.8 Å². The van der Waals surface area contributed by atoms with E-state index in [1.54, 1.807) is 24.3 Å². The normalized spacial score (nSPS) is 12.2. The fourth-order valence-corrected chi connectivity index (χ4v) is 5.59. The van der Waals surface area contributed by atoms with Crippen molar-refractivity contribution in [2.45, 2.75) is 32.9 Å². The lowest BCUT2D eigenvalue weighted by Crippen LogP contribution is -2.53. The van der Waals surface area contributed by atoms with Crippen LogP contribution in [-0.2, 0) is 32.6 Å². The Hall–Kier alpha value is -2.69. The van der Waals surface area contributed by atoms with Crippen LogP contribution >= 0.6 is 31.9 Å². The molecule has 0 aliphatic carbocycles. The lowest BCUT2D eigenvalue weighted by Gasteiger charge is -2.33. The van der Waals surface area contributed by atoms with Gasteiger partial charge in [-0.05, 0) is 53.4 Å². The van der Waals surface area contributed by atoms with Crippen molar-refractivity contribution in [3.8, 4) is 0 Å². The predicted molar refractivity (Wildman–Crippen MR) is 163 cm³/mol. The van der Waals surface area contributed by atoms with Crippen molar-refractivity contribution in [3.05, 3.63) is 98.9 Å². The zero-order chi connectivity index (χ0) is 28.6. The Kier molecular flexibility index (Phi) is 11.1. The van der Waals surface area contributed by atoms with Gasteiger partial charge in [-0.2, -0.15) is 0 Å². The van der Waals surface area contributed by atoms with Crippen LogP contribution in [0.1, 0.15) is 25.0 Å². The monoisotopic (exact) mass is 677 g/mol. The van der Waals surface area contributed by atoms with Gasteiger partial charge in [0, 0.05) is 28.5 Å². The zero-order valence-corrected chi connectivity index (χ0v) is 26.2. The molecule has 39 heavy (non-hydrogen) atoms. The van der Waals surface area contributed by atoms with Crippen LogP contribution in [0.2, 0.25) is 0 Å². The molecule has 2 amide bonds. The highest BCUT2D eigenvalue weighted by atomic mass is 79.9. The topological polar surface area (TPSA) is 86.8 Å². The third-order valence-electron chi connectivity index (χ3n) is 5.99. The van der Waals surface area contributed by atoms with Crippen LogP contribution < -0.4 is 9.62 Å². The van der Waals surface area contributed by atoms with E-state index in [9.17, 15) is 18.0 Å². The Labute approximate surface area is 247 Å². The molecule has 0 aliphatic rings. The predicted octanol–water partition coefficient (Wildman–Crippen LogP) is 5.39. The van der Waals surface area contributed by atoms with Crippen LogP contribution in [0.5, 0.6) is 0 Å². The molecule has 0 saturated heterocycles.